The summed E-state index contributed by atoms with van der Waals surface area (Å²) in [5, 5.41) is 15.3. The molecule has 2 heterocycles. The van der Waals surface area contributed by atoms with E-state index in [1.165, 1.54) is 135 Å². The zero-order valence-electron chi connectivity index (χ0n) is 39.4. The fourth-order valence-electron chi connectivity index (χ4n) is 11.3. The van der Waals surface area contributed by atoms with Gasteiger partial charge in [0, 0.05) is 47.3 Å². The summed E-state index contributed by atoms with van der Waals surface area (Å²) in [5.74, 6) is 0. The average molecular weight is 890 g/mol. The van der Waals surface area contributed by atoms with Crippen LogP contribution in [0.1, 0.15) is 52.7 Å². The maximum Gasteiger partial charge on any atom is 0.0619 e. The van der Waals surface area contributed by atoms with Crippen molar-refractivity contribution in [1.29, 1.82) is 0 Å². The van der Waals surface area contributed by atoms with Gasteiger partial charge in [-0.05, 0) is 112 Å². The molecule has 68 heavy (non-hydrogen) atoms. The molecule has 0 saturated carbocycles. The Morgan fingerprint density at radius 3 is 1.28 bits per heavy atom. The fraction of sp³-hybridized carbons (Fsp3) is 0.121. The third-order valence-electron chi connectivity index (χ3n) is 14.7. The number of thiophene rings is 1. The highest BCUT2D eigenvalue weighted by atomic mass is 32.1. The van der Waals surface area contributed by atoms with Crippen LogP contribution in [-0.2, 0) is 10.8 Å². The average Bonchev–Trinajstić information content (AvgIpc) is 3.89. The van der Waals surface area contributed by atoms with Gasteiger partial charge in [-0.3, -0.25) is 0 Å². The second-order valence-corrected chi connectivity index (χ2v) is 21.9. The highest BCUT2D eigenvalue weighted by Gasteiger charge is 2.25. The number of rotatable bonds is 4. The largest absolute Gasteiger partial charge is 0.308 e. The first-order chi connectivity index (χ1) is 33.0. The molecular formula is C66H51NS. The van der Waals surface area contributed by atoms with Gasteiger partial charge in [0.15, 0.2) is 0 Å². The quantitative estimate of drug-likeness (QED) is 0.155. The lowest BCUT2D eigenvalue weighted by molar-refractivity contribution is 0.590. The van der Waals surface area contributed by atoms with Gasteiger partial charge in [0.25, 0.3) is 0 Å². The maximum absolute atomic E-state index is 2.56. The van der Waals surface area contributed by atoms with Crippen molar-refractivity contribution in [3.63, 3.8) is 0 Å². The molecule has 0 unspecified atom stereocenters. The molecule has 0 radical (unpaired) electrons. The van der Waals surface area contributed by atoms with E-state index in [2.05, 4.69) is 246 Å². The van der Waals surface area contributed by atoms with Crippen molar-refractivity contribution in [2.75, 3.05) is 0 Å². The number of hydrogen-bond acceptors (Lipinski definition) is 1. The predicted octanol–water partition coefficient (Wildman–Crippen LogP) is 19.4. The Bertz CT molecular complexity index is 4020. The van der Waals surface area contributed by atoms with Crippen LogP contribution in [0.4, 0.5) is 0 Å². The Morgan fingerprint density at radius 1 is 0.324 bits per heavy atom. The molecule has 2 heteroatoms. The zero-order valence-corrected chi connectivity index (χ0v) is 40.2. The van der Waals surface area contributed by atoms with E-state index < -0.39 is 0 Å². The molecule has 0 aliphatic heterocycles. The van der Waals surface area contributed by atoms with Crippen molar-refractivity contribution in [3.8, 4) is 39.1 Å². The molecule has 326 valence electrons. The Labute approximate surface area is 401 Å². The summed E-state index contributed by atoms with van der Waals surface area (Å²) in [5.41, 5.74) is 14.1. The van der Waals surface area contributed by atoms with Gasteiger partial charge in [0.1, 0.15) is 0 Å². The lowest BCUT2D eigenvalue weighted by Gasteiger charge is -2.21. The van der Waals surface area contributed by atoms with E-state index in [1.54, 1.807) is 0 Å². The van der Waals surface area contributed by atoms with Crippen molar-refractivity contribution >= 4 is 96.4 Å². The molecule has 0 aliphatic rings. The SMILES string of the molecule is CC(C)(C)c1ccc2c(c1)c1cc(C(C)(C)C)ccc1n2-c1c2ccccc2c(-c2ccc3c(c2)sc2c(-c4c5ccccc5c(-c5ccccc5)c5ccccc45)cccc23)c2ccccc12. The van der Waals surface area contributed by atoms with Crippen molar-refractivity contribution in [1.82, 2.24) is 4.57 Å². The minimum absolute atomic E-state index is 0.0271. The van der Waals surface area contributed by atoms with Crippen LogP contribution in [0.3, 0.4) is 0 Å². The molecule has 0 fully saturated rings. The smallest absolute Gasteiger partial charge is 0.0619 e. The lowest BCUT2D eigenvalue weighted by atomic mass is 9.85. The van der Waals surface area contributed by atoms with Crippen molar-refractivity contribution < 1.29 is 0 Å². The molecular weight excluding hydrogens is 839 g/mol. The number of nitrogens with zero attached hydrogens (tertiary/aromatic N) is 1. The normalized spacial score (nSPS) is 12.6. The van der Waals surface area contributed by atoms with Crippen LogP contribution in [-0.4, -0.2) is 4.57 Å². The van der Waals surface area contributed by atoms with Gasteiger partial charge in [-0.1, -0.05) is 211 Å². The Morgan fingerprint density at radius 2 is 0.765 bits per heavy atom. The molecule has 11 aromatic carbocycles. The number of benzene rings is 11. The van der Waals surface area contributed by atoms with Crippen LogP contribution < -0.4 is 0 Å². The van der Waals surface area contributed by atoms with Crippen molar-refractivity contribution in [3.05, 3.63) is 211 Å². The standard InChI is InChI=1S/C66H51NS/c1-65(2,3)42-32-35-57-55(38-42)56-39-43(66(4,5)6)33-36-58(56)67(57)63-51-27-16-14-25-49(51)61(50-26-15-17-28-52(50)63)41-31-34-44-53-29-18-30-54(64(53)68-59(44)37-41)62-47-23-12-10-21-45(47)60(40-19-8-7-9-20-40)46-22-11-13-24-48(46)62/h7-39H,1-6H3. The molecule has 0 spiro atoms. The summed E-state index contributed by atoms with van der Waals surface area (Å²) in [7, 11) is 0. The molecule has 1 nitrogen and oxygen atoms in total. The lowest BCUT2D eigenvalue weighted by Crippen LogP contribution is -2.10. The molecule has 0 bridgehead atoms. The number of aromatic nitrogens is 1. The molecule has 0 amide bonds. The maximum atomic E-state index is 2.56. The van der Waals surface area contributed by atoms with Gasteiger partial charge in [0.2, 0.25) is 0 Å². The van der Waals surface area contributed by atoms with Crippen molar-refractivity contribution in [2.24, 2.45) is 0 Å². The monoisotopic (exact) mass is 889 g/mol. The van der Waals surface area contributed by atoms with Crippen LogP contribution in [0.25, 0.3) is 124 Å². The fourth-order valence-corrected chi connectivity index (χ4v) is 12.6. The van der Waals surface area contributed by atoms with Gasteiger partial charge < -0.3 is 4.57 Å². The third-order valence-corrected chi connectivity index (χ3v) is 15.9. The topological polar surface area (TPSA) is 4.93 Å². The molecule has 0 atom stereocenters. The zero-order chi connectivity index (χ0) is 46.1. The Kier molecular flexibility index (Phi) is 8.98. The number of hydrogen-bond donors (Lipinski definition) is 0. The first-order valence-corrected chi connectivity index (χ1v) is 24.8. The Hall–Kier alpha value is -7.52. The molecule has 0 aliphatic carbocycles. The van der Waals surface area contributed by atoms with Gasteiger partial charge in [-0.2, -0.15) is 0 Å². The molecule has 13 rings (SSSR count). The molecule has 13 aromatic rings. The van der Waals surface area contributed by atoms with Crippen LogP contribution in [0.5, 0.6) is 0 Å². The van der Waals surface area contributed by atoms with Gasteiger partial charge in [-0.25, -0.2) is 0 Å². The minimum atomic E-state index is 0.0271. The van der Waals surface area contributed by atoms with Gasteiger partial charge in [-0.15, -0.1) is 11.3 Å². The third kappa shape index (κ3) is 6.13. The minimum Gasteiger partial charge on any atom is -0.308 e. The summed E-state index contributed by atoms with van der Waals surface area (Å²) in [6, 6.07) is 75.6. The van der Waals surface area contributed by atoms with Gasteiger partial charge >= 0.3 is 0 Å². The van der Waals surface area contributed by atoms with Crippen LogP contribution >= 0.6 is 11.3 Å². The van der Waals surface area contributed by atoms with Gasteiger partial charge in [0.05, 0.1) is 16.7 Å². The molecule has 0 saturated heterocycles. The van der Waals surface area contributed by atoms with Crippen LogP contribution in [0.15, 0.2) is 200 Å². The highest BCUT2D eigenvalue weighted by Crippen LogP contribution is 2.50. The van der Waals surface area contributed by atoms with E-state index in [1.807, 2.05) is 11.3 Å². The molecule has 2 aromatic heterocycles. The summed E-state index contributed by atoms with van der Waals surface area (Å²) < 4.78 is 5.18. The summed E-state index contributed by atoms with van der Waals surface area (Å²) in [6.07, 6.45) is 0. The number of fused-ring (bicyclic) bond motifs is 10. The van der Waals surface area contributed by atoms with E-state index >= 15 is 0 Å². The van der Waals surface area contributed by atoms with E-state index in [-0.39, 0.29) is 10.8 Å². The van der Waals surface area contributed by atoms with Crippen LogP contribution in [0, 0.1) is 0 Å². The van der Waals surface area contributed by atoms with Crippen LogP contribution in [0.2, 0.25) is 0 Å². The first-order valence-electron chi connectivity index (χ1n) is 24.0. The molecule has 0 N–H and O–H groups in total. The van der Waals surface area contributed by atoms with E-state index in [0.29, 0.717) is 0 Å². The second-order valence-electron chi connectivity index (χ2n) is 20.8. The van der Waals surface area contributed by atoms with Crippen molar-refractivity contribution in [2.45, 2.75) is 52.4 Å². The van der Waals surface area contributed by atoms with E-state index in [9.17, 15) is 0 Å². The van der Waals surface area contributed by atoms with E-state index in [4.69, 9.17) is 0 Å². The Balaban J connectivity index is 1.05. The predicted molar refractivity (Wildman–Crippen MR) is 297 cm³/mol. The van der Waals surface area contributed by atoms with E-state index in [0.717, 1.165) is 0 Å². The summed E-state index contributed by atoms with van der Waals surface area (Å²) in [6.45, 7) is 13.9. The summed E-state index contributed by atoms with van der Waals surface area (Å²) >= 11 is 1.93. The highest BCUT2D eigenvalue weighted by molar-refractivity contribution is 7.26. The first kappa shape index (κ1) is 40.7. The summed E-state index contributed by atoms with van der Waals surface area (Å²) in [4.78, 5) is 0. The second kappa shape index (κ2) is 15.0.